The summed E-state index contributed by atoms with van der Waals surface area (Å²) < 4.78 is 10.4. The minimum atomic E-state index is -0.411. The van der Waals surface area contributed by atoms with E-state index in [0.717, 1.165) is 32.5 Å². The second-order valence-electron chi connectivity index (χ2n) is 3.55. The summed E-state index contributed by atoms with van der Waals surface area (Å²) in [6, 6.07) is 0. The second-order valence-corrected chi connectivity index (χ2v) is 3.55. The highest BCUT2D eigenvalue weighted by Gasteiger charge is 1.94. The number of hydrogen-bond donors (Lipinski definition) is 1. The van der Waals surface area contributed by atoms with Gasteiger partial charge in [0.2, 0.25) is 5.91 Å². The summed E-state index contributed by atoms with van der Waals surface area (Å²) in [6.45, 7) is 4.42. The molecule has 0 unspecified atom stereocenters. The monoisotopic (exact) mass is 217 g/mol. The zero-order chi connectivity index (χ0) is 11.4. The molecule has 0 rings (SSSR count). The molecule has 0 aliphatic heterocycles. The topological polar surface area (TPSA) is 61.6 Å². The third-order valence-corrected chi connectivity index (χ3v) is 1.96. The molecule has 15 heavy (non-hydrogen) atoms. The first-order valence-electron chi connectivity index (χ1n) is 5.71. The summed E-state index contributed by atoms with van der Waals surface area (Å²) >= 11 is 0. The van der Waals surface area contributed by atoms with Gasteiger partial charge in [-0.15, -0.1) is 0 Å². The highest BCUT2D eigenvalue weighted by Crippen LogP contribution is 1.96. The van der Waals surface area contributed by atoms with Gasteiger partial charge in [0, 0.05) is 19.8 Å². The highest BCUT2D eigenvalue weighted by molar-refractivity contribution is 5.74. The Morgan fingerprint density at radius 1 is 1.00 bits per heavy atom. The van der Waals surface area contributed by atoms with E-state index in [1.165, 1.54) is 12.8 Å². The van der Waals surface area contributed by atoms with Crippen LogP contribution in [0.2, 0.25) is 0 Å². The first kappa shape index (κ1) is 14.4. The van der Waals surface area contributed by atoms with E-state index in [2.05, 4.69) is 6.92 Å². The number of carbonyl (C=O) groups excluding carboxylic acids is 1. The van der Waals surface area contributed by atoms with Gasteiger partial charge < -0.3 is 15.2 Å². The predicted molar refractivity (Wildman–Crippen MR) is 59.6 cm³/mol. The summed E-state index contributed by atoms with van der Waals surface area (Å²) in [7, 11) is 0. The van der Waals surface area contributed by atoms with Gasteiger partial charge in [0.15, 0.2) is 0 Å². The van der Waals surface area contributed by atoms with E-state index in [1.54, 1.807) is 0 Å². The molecule has 0 aromatic carbocycles. The quantitative estimate of drug-likeness (QED) is 0.533. The Kier molecular flexibility index (Phi) is 11.0. The molecule has 0 heterocycles. The maximum Gasteiger partial charge on any atom is 0.243 e. The molecule has 0 aromatic rings. The lowest BCUT2D eigenvalue weighted by molar-refractivity contribution is -0.122. The van der Waals surface area contributed by atoms with Crippen LogP contribution >= 0.6 is 0 Å². The molecule has 2 N–H and O–H groups in total. The second kappa shape index (κ2) is 11.5. The number of unbranched alkanes of at least 4 members (excludes halogenated alkanes) is 3. The van der Waals surface area contributed by atoms with E-state index in [1.807, 2.05) is 0 Å². The average molecular weight is 217 g/mol. The SMILES string of the molecule is CCCCCOCCCCOCC(N)=O. The van der Waals surface area contributed by atoms with Crippen LogP contribution < -0.4 is 5.73 Å². The van der Waals surface area contributed by atoms with Crippen molar-refractivity contribution in [2.24, 2.45) is 5.73 Å². The van der Waals surface area contributed by atoms with Crippen molar-refractivity contribution in [3.8, 4) is 0 Å². The Morgan fingerprint density at radius 2 is 1.53 bits per heavy atom. The molecule has 0 spiro atoms. The number of rotatable bonds is 11. The zero-order valence-corrected chi connectivity index (χ0v) is 9.67. The molecule has 90 valence electrons. The summed E-state index contributed by atoms with van der Waals surface area (Å²) in [4.78, 5) is 10.3. The molecule has 0 aliphatic carbocycles. The summed E-state index contributed by atoms with van der Waals surface area (Å²) in [5.41, 5.74) is 4.91. The summed E-state index contributed by atoms with van der Waals surface area (Å²) in [6.07, 6.45) is 5.51. The molecule has 0 saturated carbocycles. The number of carbonyl (C=O) groups is 1. The highest BCUT2D eigenvalue weighted by atomic mass is 16.5. The van der Waals surface area contributed by atoms with Crippen LogP contribution in [-0.4, -0.2) is 32.3 Å². The van der Waals surface area contributed by atoms with E-state index in [4.69, 9.17) is 15.2 Å². The van der Waals surface area contributed by atoms with Gasteiger partial charge >= 0.3 is 0 Å². The van der Waals surface area contributed by atoms with Crippen molar-refractivity contribution in [1.82, 2.24) is 0 Å². The van der Waals surface area contributed by atoms with Crippen molar-refractivity contribution in [2.45, 2.75) is 39.0 Å². The Balaban J connectivity index is 2.89. The Bertz CT molecular complexity index is 151. The van der Waals surface area contributed by atoms with Crippen LogP contribution in [0.4, 0.5) is 0 Å². The fourth-order valence-corrected chi connectivity index (χ4v) is 1.14. The van der Waals surface area contributed by atoms with Crippen molar-refractivity contribution in [3.63, 3.8) is 0 Å². The normalized spacial score (nSPS) is 10.5. The summed E-state index contributed by atoms with van der Waals surface area (Å²) in [5, 5.41) is 0. The fraction of sp³-hybridized carbons (Fsp3) is 0.909. The van der Waals surface area contributed by atoms with Gasteiger partial charge in [0.25, 0.3) is 0 Å². The van der Waals surface area contributed by atoms with E-state index in [-0.39, 0.29) is 6.61 Å². The van der Waals surface area contributed by atoms with Gasteiger partial charge in [0.1, 0.15) is 6.61 Å². The molecule has 4 nitrogen and oxygen atoms in total. The van der Waals surface area contributed by atoms with Gasteiger partial charge in [-0.1, -0.05) is 19.8 Å². The minimum absolute atomic E-state index is 0.0252. The van der Waals surface area contributed by atoms with Gasteiger partial charge in [-0.2, -0.15) is 0 Å². The van der Waals surface area contributed by atoms with Gasteiger partial charge in [-0.3, -0.25) is 4.79 Å². The maximum absolute atomic E-state index is 10.3. The number of ether oxygens (including phenoxy) is 2. The molecule has 0 aromatic heterocycles. The molecule has 0 bridgehead atoms. The fourth-order valence-electron chi connectivity index (χ4n) is 1.14. The number of nitrogens with two attached hydrogens (primary N) is 1. The van der Waals surface area contributed by atoms with Crippen molar-refractivity contribution in [2.75, 3.05) is 26.4 Å². The van der Waals surface area contributed by atoms with Gasteiger partial charge in [-0.25, -0.2) is 0 Å². The maximum atomic E-state index is 10.3. The standard InChI is InChI=1S/C11H23NO3/c1-2-3-4-7-14-8-5-6-9-15-10-11(12)13/h2-10H2,1H3,(H2,12,13). The van der Waals surface area contributed by atoms with Gasteiger partial charge in [0.05, 0.1) is 0 Å². The summed E-state index contributed by atoms with van der Waals surface area (Å²) in [5.74, 6) is -0.411. The molecule has 0 fully saturated rings. The third kappa shape index (κ3) is 13.4. The van der Waals surface area contributed by atoms with E-state index in [0.29, 0.717) is 6.61 Å². The van der Waals surface area contributed by atoms with Crippen LogP contribution in [0.1, 0.15) is 39.0 Å². The Labute approximate surface area is 92.1 Å². The van der Waals surface area contributed by atoms with Crippen molar-refractivity contribution >= 4 is 5.91 Å². The lowest BCUT2D eigenvalue weighted by Crippen LogP contribution is -2.18. The molecular weight excluding hydrogens is 194 g/mol. The molecule has 1 amide bonds. The molecule has 4 heteroatoms. The van der Waals surface area contributed by atoms with Crippen molar-refractivity contribution in [1.29, 1.82) is 0 Å². The van der Waals surface area contributed by atoms with Crippen LogP contribution in [0.25, 0.3) is 0 Å². The van der Waals surface area contributed by atoms with Gasteiger partial charge in [-0.05, 0) is 19.3 Å². The lowest BCUT2D eigenvalue weighted by atomic mass is 10.3. The van der Waals surface area contributed by atoms with Crippen LogP contribution in [0, 0.1) is 0 Å². The zero-order valence-electron chi connectivity index (χ0n) is 9.67. The minimum Gasteiger partial charge on any atom is -0.381 e. The van der Waals surface area contributed by atoms with Crippen LogP contribution in [0.3, 0.4) is 0 Å². The number of amides is 1. The Morgan fingerprint density at radius 3 is 2.07 bits per heavy atom. The largest absolute Gasteiger partial charge is 0.381 e. The lowest BCUT2D eigenvalue weighted by Gasteiger charge is -2.04. The van der Waals surface area contributed by atoms with E-state index in [9.17, 15) is 4.79 Å². The number of hydrogen-bond acceptors (Lipinski definition) is 3. The molecule has 0 aliphatic rings. The van der Waals surface area contributed by atoms with Crippen molar-refractivity contribution < 1.29 is 14.3 Å². The molecule has 0 radical (unpaired) electrons. The first-order valence-corrected chi connectivity index (χ1v) is 5.71. The first-order chi connectivity index (χ1) is 7.27. The molecule has 0 atom stereocenters. The smallest absolute Gasteiger partial charge is 0.243 e. The van der Waals surface area contributed by atoms with Crippen LogP contribution in [0.5, 0.6) is 0 Å². The third-order valence-electron chi connectivity index (χ3n) is 1.96. The van der Waals surface area contributed by atoms with Crippen LogP contribution in [0.15, 0.2) is 0 Å². The predicted octanol–water partition coefficient (Wildman–Crippen LogP) is 1.48. The molecular formula is C11H23NO3. The average Bonchev–Trinajstić information content (AvgIpc) is 2.20. The van der Waals surface area contributed by atoms with Crippen LogP contribution in [-0.2, 0) is 14.3 Å². The molecule has 0 saturated heterocycles. The van der Waals surface area contributed by atoms with Crippen molar-refractivity contribution in [3.05, 3.63) is 0 Å². The van der Waals surface area contributed by atoms with E-state index < -0.39 is 5.91 Å². The Hall–Kier alpha value is -0.610. The number of primary amides is 1. The van der Waals surface area contributed by atoms with E-state index >= 15 is 0 Å².